The van der Waals surface area contributed by atoms with Crippen molar-refractivity contribution >= 4 is 21.9 Å². The van der Waals surface area contributed by atoms with Gasteiger partial charge in [0.1, 0.15) is 11.2 Å². The molecule has 0 bridgehead atoms. The van der Waals surface area contributed by atoms with E-state index in [0.717, 1.165) is 55.5 Å². The van der Waals surface area contributed by atoms with Crippen molar-refractivity contribution in [2.24, 2.45) is 0 Å². The zero-order valence-electron chi connectivity index (χ0n) is 29.5. The van der Waals surface area contributed by atoms with E-state index < -0.39 is 0 Å². The Morgan fingerprint density at radius 1 is 0.407 bits per heavy atom. The Morgan fingerprint density at radius 3 is 1.87 bits per heavy atom. The largest absolute Gasteiger partial charge is 0.456 e. The van der Waals surface area contributed by atoms with Gasteiger partial charge in [0.15, 0.2) is 40.5 Å². The maximum atomic E-state index is 6.70. The molecule has 0 saturated heterocycles. The Labute approximate surface area is 311 Å². The molecular weight excluding hydrogens is 667 g/mol. The Morgan fingerprint density at radius 2 is 1.04 bits per heavy atom. The Kier molecular flexibility index (Phi) is 6.49. The summed E-state index contributed by atoms with van der Waals surface area (Å²) in [5, 5.41) is 2.14. The van der Waals surface area contributed by atoms with Crippen molar-refractivity contribution in [2.45, 2.75) is 19.3 Å². The number of nitrogens with zero attached hydrogens (tertiary/aromatic N) is 3. The van der Waals surface area contributed by atoms with Crippen LogP contribution < -0.4 is 9.47 Å². The monoisotopic (exact) mass is 697 g/mol. The molecule has 256 valence electrons. The van der Waals surface area contributed by atoms with Crippen molar-refractivity contribution in [2.75, 3.05) is 0 Å². The van der Waals surface area contributed by atoms with E-state index in [4.69, 9.17) is 28.8 Å². The van der Waals surface area contributed by atoms with Gasteiger partial charge in [-0.05, 0) is 64.2 Å². The van der Waals surface area contributed by atoms with Gasteiger partial charge in [0.05, 0.1) is 0 Å². The molecule has 9 aromatic rings. The molecule has 2 aromatic heterocycles. The molecule has 7 aromatic carbocycles. The minimum atomic E-state index is -0.128. The molecule has 6 nitrogen and oxygen atoms in total. The third-order valence-corrected chi connectivity index (χ3v) is 10.8. The molecule has 11 rings (SSSR count). The molecule has 0 radical (unpaired) electrons. The average Bonchev–Trinajstić information content (AvgIpc) is 3.70. The van der Waals surface area contributed by atoms with Crippen LogP contribution in [0.1, 0.15) is 25.0 Å². The third-order valence-electron chi connectivity index (χ3n) is 10.8. The maximum absolute atomic E-state index is 6.70. The number of hydrogen-bond acceptors (Lipinski definition) is 6. The van der Waals surface area contributed by atoms with E-state index in [1.165, 1.54) is 22.3 Å². The van der Waals surface area contributed by atoms with E-state index in [-0.39, 0.29) is 5.41 Å². The van der Waals surface area contributed by atoms with Crippen LogP contribution in [0.15, 0.2) is 156 Å². The summed E-state index contributed by atoms with van der Waals surface area (Å²) in [6.07, 6.45) is 0. The second-order valence-electron chi connectivity index (χ2n) is 14.4. The van der Waals surface area contributed by atoms with Crippen molar-refractivity contribution < 1.29 is 13.9 Å². The Balaban J connectivity index is 0.964. The Hall–Kier alpha value is -7.05. The first-order chi connectivity index (χ1) is 26.5. The van der Waals surface area contributed by atoms with Crippen LogP contribution in [0.4, 0.5) is 0 Å². The first-order valence-corrected chi connectivity index (χ1v) is 18.1. The highest BCUT2D eigenvalue weighted by Gasteiger charge is 2.37. The number of aromatic nitrogens is 3. The smallest absolute Gasteiger partial charge is 0.177 e. The van der Waals surface area contributed by atoms with Crippen molar-refractivity contribution in [3.05, 3.63) is 163 Å². The molecule has 0 fully saturated rings. The standard InChI is InChI=1S/C48H31N3O3/c1-48(2)37-16-8-6-13-33(37)36-26-42-43(27-38(36)48)53-40-18-10-15-32(44(40)54-42)28-19-21-30(22-20-28)46-49-45(29-11-4-3-5-12-29)50-47(51-46)31-23-24-35-34-14-7-9-17-39(34)52-41(35)25-31/h3-27H,1-2H3. The fourth-order valence-electron chi connectivity index (χ4n) is 8.04. The number of furan rings is 1. The predicted octanol–water partition coefficient (Wildman–Crippen LogP) is 12.6. The van der Waals surface area contributed by atoms with Gasteiger partial charge in [0, 0.05) is 38.4 Å². The molecule has 6 heteroatoms. The zero-order valence-corrected chi connectivity index (χ0v) is 29.5. The van der Waals surface area contributed by atoms with Gasteiger partial charge in [-0.15, -0.1) is 0 Å². The summed E-state index contributed by atoms with van der Waals surface area (Å²) in [6, 6.07) is 51.4. The summed E-state index contributed by atoms with van der Waals surface area (Å²) < 4.78 is 19.5. The van der Waals surface area contributed by atoms with Gasteiger partial charge in [-0.3, -0.25) is 0 Å². The second kappa shape index (κ2) is 11.5. The average molecular weight is 698 g/mol. The van der Waals surface area contributed by atoms with Gasteiger partial charge in [0.2, 0.25) is 0 Å². The van der Waals surface area contributed by atoms with Crippen LogP contribution in [0.5, 0.6) is 23.0 Å². The van der Waals surface area contributed by atoms with Gasteiger partial charge < -0.3 is 13.9 Å². The minimum Gasteiger partial charge on any atom is -0.456 e. The van der Waals surface area contributed by atoms with E-state index in [9.17, 15) is 0 Å². The van der Waals surface area contributed by atoms with Crippen molar-refractivity contribution in [1.82, 2.24) is 15.0 Å². The summed E-state index contributed by atoms with van der Waals surface area (Å²) in [7, 11) is 0. The molecule has 0 saturated carbocycles. The van der Waals surface area contributed by atoms with Gasteiger partial charge in [-0.25, -0.2) is 15.0 Å². The summed E-state index contributed by atoms with van der Waals surface area (Å²) >= 11 is 0. The quantitative estimate of drug-likeness (QED) is 0.182. The first-order valence-electron chi connectivity index (χ1n) is 18.1. The lowest BCUT2D eigenvalue weighted by Crippen LogP contribution is -2.15. The van der Waals surface area contributed by atoms with Crippen molar-refractivity contribution in [3.8, 4) is 79.4 Å². The second-order valence-corrected chi connectivity index (χ2v) is 14.4. The molecule has 54 heavy (non-hydrogen) atoms. The maximum Gasteiger partial charge on any atom is 0.177 e. The van der Waals surface area contributed by atoms with Gasteiger partial charge in [-0.1, -0.05) is 129 Å². The summed E-state index contributed by atoms with van der Waals surface area (Å²) in [5.41, 5.74) is 11.1. The molecule has 1 aliphatic heterocycles. The number of ether oxygens (including phenoxy) is 2. The fourth-order valence-corrected chi connectivity index (χ4v) is 8.04. The highest BCUT2D eigenvalue weighted by molar-refractivity contribution is 6.05. The van der Waals surface area contributed by atoms with Gasteiger partial charge >= 0.3 is 0 Å². The van der Waals surface area contributed by atoms with Crippen molar-refractivity contribution in [3.63, 3.8) is 0 Å². The summed E-state index contributed by atoms with van der Waals surface area (Å²) in [4.78, 5) is 14.9. The van der Waals surface area contributed by atoms with E-state index in [1.54, 1.807) is 0 Å². The van der Waals surface area contributed by atoms with E-state index >= 15 is 0 Å². The molecule has 2 aliphatic rings. The predicted molar refractivity (Wildman–Crippen MR) is 213 cm³/mol. The Bertz CT molecular complexity index is 2970. The topological polar surface area (TPSA) is 70.3 Å². The lowest BCUT2D eigenvalue weighted by Gasteiger charge is -2.26. The highest BCUT2D eigenvalue weighted by atomic mass is 16.6. The molecule has 0 atom stereocenters. The normalized spacial score (nSPS) is 13.4. The number of hydrogen-bond donors (Lipinski definition) is 0. The molecule has 0 unspecified atom stereocenters. The number of benzene rings is 7. The third kappa shape index (κ3) is 4.70. The molecule has 1 aliphatic carbocycles. The van der Waals surface area contributed by atoms with Gasteiger partial charge in [-0.2, -0.15) is 0 Å². The summed E-state index contributed by atoms with van der Waals surface area (Å²) in [5.74, 6) is 4.58. The van der Waals surface area contributed by atoms with Crippen LogP contribution in [-0.4, -0.2) is 15.0 Å². The lowest BCUT2D eigenvalue weighted by atomic mass is 9.82. The van der Waals surface area contributed by atoms with E-state index in [0.29, 0.717) is 34.7 Å². The molecular formula is C48H31N3O3. The lowest BCUT2D eigenvalue weighted by molar-refractivity contribution is 0.360. The molecule has 0 N–H and O–H groups in total. The van der Waals surface area contributed by atoms with Crippen molar-refractivity contribution in [1.29, 1.82) is 0 Å². The van der Waals surface area contributed by atoms with E-state index in [1.807, 2.05) is 72.8 Å². The molecule has 0 amide bonds. The van der Waals surface area contributed by atoms with Crippen LogP contribution in [0.3, 0.4) is 0 Å². The van der Waals surface area contributed by atoms with E-state index in [2.05, 4.69) is 92.7 Å². The van der Waals surface area contributed by atoms with Crippen LogP contribution in [-0.2, 0) is 5.41 Å². The van der Waals surface area contributed by atoms with Crippen LogP contribution in [0.25, 0.3) is 78.4 Å². The number of fused-ring (bicyclic) bond motifs is 8. The first kappa shape index (κ1) is 30.6. The molecule has 3 heterocycles. The van der Waals surface area contributed by atoms with Crippen LogP contribution in [0, 0.1) is 0 Å². The number of rotatable bonds is 4. The summed E-state index contributed by atoms with van der Waals surface area (Å²) in [6.45, 7) is 4.54. The number of para-hydroxylation sites is 2. The van der Waals surface area contributed by atoms with Gasteiger partial charge in [0.25, 0.3) is 0 Å². The molecule has 0 spiro atoms. The zero-order chi connectivity index (χ0) is 36.0. The fraction of sp³-hybridized carbons (Fsp3) is 0.0625. The minimum absolute atomic E-state index is 0.128. The highest BCUT2D eigenvalue weighted by Crippen LogP contribution is 2.56. The SMILES string of the molecule is CC1(C)c2ccccc2-c2cc3c(cc21)Oc1cccc(-c2ccc(-c4nc(-c5ccccc5)nc(-c5ccc6c(c5)oc5ccccc56)n4)cc2)c1O3. The van der Waals surface area contributed by atoms with Crippen LogP contribution >= 0.6 is 0 Å². The van der Waals surface area contributed by atoms with Crippen LogP contribution in [0.2, 0.25) is 0 Å².